The molecule has 3 aromatic heterocycles. The average molecular weight is 563 g/mol. The Labute approximate surface area is 251 Å². The molecule has 7 aromatic carbocycles. The normalized spacial score (nSPS) is 12.1. The maximum atomic E-state index is 6.63. The van der Waals surface area contributed by atoms with Crippen molar-refractivity contribution < 1.29 is 8.83 Å². The minimum absolute atomic E-state index is 0.675. The van der Waals surface area contributed by atoms with Crippen molar-refractivity contribution in [2.45, 2.75) is 0 Å². The quantitative estimate of drug-likeness (QED) is 0.201. The van der Waals surface area contributed by atoms with E-state index in [1.807, 2.05) is 48.5 Å². The summed E-state index contributed by atoms with van der Waals surface area (Å²) in [6, 6.07) is 46.0. The summed E-state index contributed by atoms with van der Waals surface area (Å²) in [7, 11) is 0. The Morgan fingerprint density at radius 1 is 0.409 bits per heavy atom. The van der Waals surface area contributed by atoms with Gasteiger partial charge in [-0.2, -0.15) is 0 Å². The van der Waals surface area contributed by atoms with Gasteiger partial charge in [0, 0.05) is 32.8 Å². The summed E-state index contributed by atoms with van der Waals surface area (Å²) in [5.41, 5.74) is 8.85. The summed E-state index contributed by atoms with van der Waals surface area (Å²) in [6.07, 6.45) is 0. The molecular formula is C40H22N2O2. The SMILES string of the molecule is c1ccc(-c2nc(-c3ccccc3)c3oc4cc(-c5ccc6c7ccccc7c7cccc8oc5c6c87)ccc4c3n2)cc1. The molecule has 10 rings (SSSR count). The average Bonchev–Trinajstić information content (AvgIpc) is 3.67. The standard InChI is InChI=1S/C40H22N2O2/c1-3-10-23(11-4-1)36-39-37(42-40(41-36)24-12-5-2-6-13-24)31-19-18-25(22-33(31)44-39)26-20-21-30-28-15-8-7-14-27(28)29-16-9-17-32-34(29)35(30)38(26)43-32/h1-22H. The van der Waals surface area contributed by atoms with Gasteiger partial charge in [-0.15, -0.1) is 0 Å². The topological polar surface area (TPSA) is 52.1 Å². The predicted molar refractivity (Wildman–Crippen MR) is 179 cm³/mol. The molecule has 0 aliphatic rings. The highest BCUT2D eigenvalue weighted by Crippen LogP contribution is 2.46. The zero-order chi connectivity index (χ0) is 28.8. The third-order valence-corrected chi connectivity index (χ3v) is 8.86. The Hall–Kier alpha value is -6.00. The van der Waals surface area contributed by atoms with E-state index in [1.165, 1.54) is 32.3 Å². The lowest BCUT2D eigenvalue weighted by Crippen LogP contribution is -1.93. The molecule has 0 bridgehead atoms. The van der Waals surface area contributed by atoms with Crippen molar-refractivity contribution >= 4 is 65.6 Å². The first-order chi connectivity index (χ1) is 21.8. The third kappa shape index (κ3) is 3.22. The molecule has 0 atom stereocenters. The van der Waals surface area contributed by atoms with Crippen LogP contribution in [0.2, 0.25) is 0 Å². The fourth-order valence-corrected chi connectivity index (χ4v) is 6.87. The Bertz CT molecular complexity index is 2700. The van der Waals surface area contributed by atoms with Gasteiger partial charge in [-0.3, -0.25) is 0 Å². The summed E-state index contributed by atoms with van der Waals surface area (Å²) in [4.78, 5) is 10.0. The van der Waals surface area contributed by atoms with E-state index in [-0.39, 0.29) is 0 Å². The lowest BCUT2D eigenvalue weighted by atomic mass is 9.92. The Morgan fingerprint density at radius 2 is 1.07 bits per heavy atom. The summed E-state index contributed by atoms with van der Waals surface area (Å²) < 4.78 is 13.2. The molecule has 0 saturated carbocycles. The van der Waals surface area contributed by atoms with Crippen LogP contribution in [0.25, 0.3) is 99.3 Å². The Balaban J connectivity index is 1.24. The number of aromatic nitrogens is 2. The largest absolute Gasteiger partial charge is 0.455 e. The van der Waals surface area contributed by atoms with Crippen LogP contribution in [0.15, 0.2) is 142 Å². The molecule has 0 radical (unpaired) electrons. The van der Waals surface area contributed by atoms with Crippen molar-refractivity contribution in [1.29, 1.82) is 0 Å². The molecule has 0 spiro atoms. The van der Waals surface area contributed by atoms with E-state index in [1.54, 1.807) is 0 Å². The molecule has 204 valence electrons. The van der Waals surface area contributed by atoms with Crippen LogP contribution in [0.1, 0.15) is 0 Å². The minimum atomic E-state index is 0.675. The highest BCUT2D eigenvalue weighted by molar-refractivity contribution is 6.34. The Morgan fingerprint density at radius 3 is 1.86 bits per heavy atom. The highest BCUT2D eigenvalue weighted by atomic mass is 16.3. The summed E-state index contributed by atoms with van der Waals surface area (Å²) in [6.45, 7) is 0. The smallest absolute Gasteiger partial charge is 0.180 e. The highest BCUT2D eigenvalue weighted by Gasteiger charge is 2.22. The van der Waals surface area contributed by atoms with Crippen molar-refractivity contribution in [3.8, 4) is 33.8 Å². The number of hydrogen-bond donors (Lipinski definition) is 0. The number of nitrogens with zero attached hydrogens (tertiary/aromatic N) is 2. The zero-order valence-corrected chi connectivity index (χ0v) is 23.4. The molecule has 0 N–H and O–H groups in total. The van der Waals surface area contributed by atoms with E-state index in [9.17, 15) is 0 Å². The number of rotatable bonds is 3. The van der Waals surface area contributed by atoms with E-state index in [0.29, 0.717) is 11.4 Å². The van der Waals surface area contributed by atoms with E-state index >= 15 is 0 Å². The van der Waals surface area contributed by atoms with Gasteiger partial charge in [-0.1, -0.05) is 109 Å². The maximum Gasteiger partial charge on any atom is 0.180 e. The molecule has 0 amide bonds. The van der Waals surface area contributed by atoms with Gasteiger partial charge in [0.2, 0.25) is 0 Å². The second-order valence-electron chi connectivity index (χ2n) is 11.3. The van der Waals surface area contributed by atoms with Gasteiger partial charge in [0.05, 0.1) is 0 Å². The van der Waals surface area contributed by atoms with Gasteiger partial charge in [0.25, 0.3) is 0 Å². The molecule has 4 nitrogen and oxygen atoms in total. The van der Waals surface area contributed by atoms with Gasteiger partial charge >= 0.3 is 0 Å². The van der Waals surface area contributed by atoms with Crippen LogP contribution in [0.3, 0.4) is 0 Å². The van der Waals surface area contributed by atoms with Crippen LogP contribution in [-0.2, 0) is 0 Å². The van der Waals surface area contributed by atoms with Crippen LogP contribution in [0.4, 0.5) is 0 Å². The summed E-state index contributed by atoms with van der Waals surface area (Å²) >= 11 is 0. The first-order valence-electron chi connectivity index (χ1n) is 14.8. The molecular weight excluding hydrogens is 540 g/mol. The number of benzene rings is 7. The fourth-order valence-electron chi connectivity index (χ4n) is 6.87. The predicted octanol–water partition coefficient (Wildman–Crippen LogP) is 11.0. The first kappa shape index (κ1) is 23.6. The van der Waals surface area contributed by atoms with E-state index < -0.39 is 0 Å². The molecule has 10 aromatic rings. The molecule has 0 aliphatic heterocycles. The van der Waals surface area contributed by atoms with E-state index in [2.05, 4.69) is 84.9 Å². The number of furan rings is 2. The van der Waals surface area contributed by atoms with Gasteiger partial charge in [-0.25, -0.2) is 9.97 Å². The first-order valence-corrected chi connectivity index (χ1v) is 14.8. The van der Waals surface area contributed by atoms with Crippen LogP contribution in [0, 0.1) is 0 Å². The maximum absolute atomic E-state index is 6.63. The van der Waals surface area contributed by atoms with Gasteiger partial charge < -0.3 is 8.83 Å². The fraction of sp³-hybridized carbons (Fsp3) is 0. The number of fused-ring (bicyclic) bond motifs is 6. The van der Waals surface area contributed by atoms with Crippen LogP contribution in [0.5, 0.6) is 0 Å². The van der Waals surface area contributed by atoms with Crippen molar-refractivity contribution in [1.82, 2.24) is 9.97 Å². The molecule has 0 saturated heterocycles. The van der Waals surface area contributed by atoms with Gasteiger partial charge in [0.1, 0.15) is 28.0 Å². The monoisotopic (exact) mass is 562 g/mol. The van der Waals surface area contributed by atoms with Crippen LogP contribution >= 0.6 is 0 Å². The Kier molecular flexibility index (Phi) is 4.69. The summed E-state index contributed by atoms with van der Waals surface area (Å²) in [5.74, 6) is 0.675. The minimum Gasteiger partial charge on any atom is -0.455 e. The molecule has 0 fully saturated rings. The molecule has 4 heteroatoms. The molecule has 0 unspecified atom stereocenters. The molecule has 0 aliphatic carbocycles. The lowest BCUT2D eigenvalue weighted by Gasteiger charge is -2.09. The van der Waals surface area contributed by atoms with Crippen molar-refractivity contribution in [3.05, 3.63) is 133 Å². The van der Waals surface area contributed by atoms with Crippen molar-refractivity contribution in [3.63, 3.8) is 0 Å². The van der Waals surface area contributed by atoms with Gasteiger partial charge in [-0.05, 0) is 51.4 Å². The third-order valence-electron chi connectivity index (χ3n) is 8.86. The molecule has 44 heavy (non-hydrogen) atoms. The van der Waals surface area contributed by atoms with Gasteiger partial charge in [0.15, 0.2) is 11.4 Å². The second-order valence-corrected chi connectivity index (χ2v) is 11.3. The van der Waals surface area contributed by atoms with E-state index in [0.717, 1.165) is 55.6 Å². The lowest BCUT2D eigenvalue weighted by molar-refractivity contribution is 0.667. The number of hydrogen-bond acceptors (Lipinski definition) is 4. The second kappa shape index (κ2) is 8.76. The summed E-state index contributed by atoms with van der Waals surface area (Å²) in [5, 5.41) is 8.21. The van der Waals surface area contributed by atoms with E-state index in [4.69, 9.17) is 18.8 Å². The molecule has 3 heterocycles. The van der Waals surface area contributed by atoms with Crippen LogP contribution in [-0.4, -0.2) is 9.97 Å². The zero-order valence-electron chi connectivity index (χ0n) is 23.4. The van der Waals surface area contributed by atoms with Crippen LogP contribution < -0.4 is 0 Å². The van der Waals surface area contributed by atoms with Crippen molar-refractivity contribution in [2.75, 3.05) is 0 Å². The van der Waals surface area contributed by atoms with Crippen molar-refractivity contribution in [2.24, 2.45) is 0 Å².